The van der Waals surface area contributed by atoms with Crippen LogP contribution in [0, 0.1) is 5.92 Å². The molecule has 0 radical (unpaired) electrons. The molecule has 1 unspecified atom stereocenters. The zero-order valence-corrected chi connectivity index (χ0v) is 11.3. The molecule has 5 nitrogen and oxygen atoms in total. The van der Waals surface area contributed by atoms with Crippen molar-refractivity contribution in [1.82, 2.24) is 0 Å². The molecular weight excluding hydrogens is 256 g/mol. The lowest BCUT2D eigenvalue weighted by Gasteiger charge is -2.21. The zero-order valence-electron chi connectivity index (χ0n) is 11.3. The van der Waals surface area contributed by atoms with E-state index in [2.05, 4.69) is 4.79 Å². The Morgan fingerprint density at radius 2 is 2.20 bits per heavy atom. The van der Waals surface area contributed by atoms with Crippen LogP contribution in [-0.4, -0.2) is 28.9 Å². The molecular formula is C15H16N2O3. The molecule has 0 heterocycles. The molecule has 0 spiro atoms. The van der Waals surface area contributed by atoms with Crippen molar-refractivity contribution in [2.45, 2.75) is 26.2 Å². The van der Waals surface area contributed by atoms with Gasteiger partial charge in [-0.05, 0) is 25.3 Å². The van der Waals surface area contributed by atoms with Crippen LogP contribution in [0.4, 0.5) is 0 Å². The van der Waals surface area contributed by atoms with Crippen molar-refractivity contribution in [3.63, 3.8) is 0 Å². The van der Waals surface area contributed by atoms with E-state index in [1.807, 2.05) is 18.2 Å². The molecule has 0 aliphatic heterocycles. The molecule has 20 heavy (non-hydrogen) atoms. The summed E-state index contributed by atoms with van der Waals surface area (Å²) in [5, 5.41) is 0. The highest BCUT2D eigenvalue weighted by molar-refractivity contribution is 6.34. The van der Waals surface area contributed by atoms with Gasteiger partial charge in [0.05, 0.1) is 13.0 Å². The molecule has 0 aromatic heterocycles. The van der Waals surface area contributed by atoms with Gasteiger partial charge in [0, 0.05) is 11.5 Å². The van der Waals surface area contributed by atoms with Crippen LogP contribution in [0.1, 0.15) is 35.7 Å². The van der Waals surface area contributed by atoms with Gasteiger partial charge < -0.3 is 10.3 Å². The van der Waals surface area contributed by atoms with E-state index < -0.39 is 5.97 Å². The number of fused-ring (bicyclic) bond motifs is 1. The second-order valence-electron chi connectivity index (χ2n) is 4.73. The fraction of sp³-hybridized carbons (Fsp3) is 0.400. The van der Waals surface area contributed by atoms with Crippen LogP contribution in [0.25, 0.3) is 5.53 Å². The Labute approximate surface area is 117 Å². The average Bonchev–Trinajstić information content (AvgIpc) is 2.47. The van der Waals surface area contributed by atoms with Crippen LogP contribution in [0.2, 0.25) is 0 Å². The molecule has 5 heteroatoms. The molecule has 1 atom stereocenters. The number of nitrogens with zero attached hydrogens (tertiary/aromatic N) is 2. The first kappa shape index (κ1) is 14.2. The van der Waals surface area contributed by atoms with E-state index in [0.717, 1.165) is 12.0 Å². The molecule has 0 N–H and O–H groups in total. The molecule has 1 aromatic carbocycles. The first-order valence-electron chi connectivity index (χ1n) is 6.67. The first-order chi connectivity index (χ1) is 9.67. The second kappa shape index (κ2) is 6.26. The molecule has 0 saturated carbocycles. The number of carbonyl (C=O) groups excluding carboxylic acids is 2. The SMILES string of the molecule is CCOC(=O)C(CC1CCc2ccccc2C1=O)=[N+]=[N-]. The maximum Gasteiger partial charge on any atom is 0.416 e. The van der Waals surface area contributed by atoms with Gasteiger partial charge in [-0.25, -0.2) is 4.79 Å². The third kappa shape index (κ3) is 2.83. The van der Waals surface area contributed by atoms with Gasteiger partial charge in [-0.2, -0.15) is 4.79 Å². The van der Waals surface area contributed by atoms with E-state index in [4.69, 9.17) is 10.3 Å². The van der Waals surface area contributed by atoms with E-state index in [1.165, 1.54) is 0 Å². The summed E-state index contributed by atoms with van der Waals surface area (Å²) in [6.45, 7) is 1.88. The number of ketones is 1. The van der Waals surface area contributed by atoms with Gasteiger partial charge in [0.1, 0.15) is 0 Å². The summed E-state index contributed by atoms with van der Waals surface area (Å²) in [5.74, 6) is -1.00. The second-order valence-corrected chi connectivity index (χ2v) is 4.73. The summed E-state index contributed by atoms with van der Waals surface area (Å²) >= 11 is 0. The third-order valence-corrected chi connectivity index (χ3v) is 3.49. The number of aryl methyl sites for hydroxylation is 1. The van der Waals surface area contributed by atoms with Crippen molar-refractivity contribution >= 4 is 17.5 Å². The highest BCUT2D eigenvalue weighted by Crippen LogP contribution is 2.27. The van der Waals surface area contributed by atoms with Crippen molar-refractivity contribution in [2.24, 2.45) is 5.92 Å². The Balaban J connectivity index is 2.14. The average molecular weight is 272 g/mol. The normalized spacial score (nSPS) is 17.1. The largest absolute Gasteiger partial charge is 0.457 e. The van der Waals surface area contributed by atoms with E-state index in [0.29, 0.717) is 12.0 Å². The van der Waals surface area contributed by atoms with Gasteiger partial charge in [-0.1, -0.05) is 24.3 Å². The van der Waals surface area contributed by atoms with Crippen LogP contribution in [0.15, 0.2) is 24.3 Å². The number of ether oxygens (including phenoxy) is 1. The molecule has 1 aliphatic carbocycles. The standard InChI is InChI=1S/C15H16N2O3/c1-2-20-15(19)13(17-16)9-11-8-7-10-5-3-4-6-12(10)14(11)18/h3-6,11H,2,7-9H2,1H3. The van der Waals surface area contributed by atoms with E-state index in [1.54, 1.807) is 13.0 Å². The van der Waals surface area contributed by atoms with Gasteiger partial charge in [0.25, 0.3) is 0 Å². The van der Waals surface area contributed by atoms with Crippen LogP contribution >= 0.6 is 0 Å². The van der Waals surface area contributed by atoms with Gasteiger partial charge in [0.15, 0.2) is 5.78 Å². The monoisotopic (exact) mass is 272 g/mol. The Morgan fingerprint density at radius 3 is 2.90 bits per heavy atom. The van der Waals surface area contributed by atoms with Crippen molar-refractivity contribution in [3.8, 4) is 0 Å². The minimum atomic E-state index is -0.665. The maximum atomic E-state index is 12.4. The first-order valence-corrected chi connectivity index (χ1v) is 6.67. The van der Waals surface area contributed by atoms with Gasteiger partial charge >= 0.3 is 11.7 Å². The molecule has 1 aliphatic rings. The summed E-state index contributed by atoms with van der Waals surface area (Å²) in [5.41, 5.74) is 10.6. The van der Waals surface area contributed by atoms with Crippen molar-refractivity contribution in [2.75, 3.05) is 6.61 Å². The fourth-order valence-electron chi connectivity index (χ4n) is 2.47. The molecule has 2 rings (SSSR count). The quantitative estimate of drug-likeness (QED) is 0.364. The highest BCUT2D eigenvalue weighted by atomic mass is 16.5. The van der Waals surface area contributed by atoms with Crippen LogP contribution in [0.3, 0.4) is 0 Å². The molecule has 0 fully saturated rings. The van der Waals surface area contributed by atoms with E-state index in [9.17, 15) is 9.59 Å². The predicted molar refractivity (Wildman–Crippen MR) is 72.5 cm³/mol. The predicted octanol–water partition coefficient (Wildman–Crippen LogP) is 2.06. The van der Waals surface area contributed by atoms with Gasteiger partial charge in [-0.3, -0.25) is 4.79 Å². The molecule has 0 amide bonds. The molecule has 1 aromatic rings. The summed E-state index contributed by atoms with van der Waals surface area (Å²) in [4.78, 5) is 26.9. The third-order valence-electron chi connectivity index (χ3n) is 3.49. The lowest BCUT2D eigenvalue weighted by molar-refractivity contribution is -0.140. The number of esters is 1. The zero-order chi connectivity index (χ0) is 14.5. The van der Waals surface area contributed by atoms with Crippen LogP contribution in [0.5, 0.6) is 0 Å². The number of hydrogen-bond donors (Lipinski definition) is 0. The molecule has 104 valence electrons. The summed E-state index contributed by atoms with van der Waals surface area (Å²) in [6, 6.07) is 7.47. The van der Waals surface area contributed by atoms with Crippen molar-refractivity contribution < 1.29 is 19.1 Å². The van der Waals surface area contributed by atoms with Gasteiger partial charge in [0.2, 0.25) is 0 Å². The summed E-state index contributed by atoms with van der Waals surface area (Å²) < 4.78 is 4.80. The topological polar surface area (TPSA) is 79.8 Å². The number of benzene rings is 1. The Kier molecular flexibility index (Phi) is 4.43. The lowest BCUT2D eigenvalue weighted by Crippen LogP contribution is -2.29. The fourth-order valence-corrected chi connectivity index (χ4v) is 2.47. The molecule has 0 saturated heterocycles. The minimum Gasteiger partial charge on any atom is -0.457 e. The highest BCUT2D eigenvalue weighted by Gasteiger charge is 2.33. The smallest absolute Gasteiger partial charge is 0.416 e. The number of carbonyl (C=O) groups is 2. The number of rotatable bonds is 4. The van der Waals surface area contributed by atoms with E-state index >= 15 is 0 Å². The van der Waals surface area contributed by atoms with Crippen molar-refractivity contribution in [3.05, 3.63) is 40.9 Å². The lowest BCUT2D eigenvalue weighted by atomic mass is 9.80. The minimum absolute atomic E-state index is 0.00250. The van der Waals surface area contributed by atoms with Crippen molar-refractivity contribution in [1.29, 1.82) is 0 Å². The maximum absolute atomic E-state index is 12.4. The summed E-state index contributed by atoms with van der Waals surface area (Å²) in [7, 11) is 0. The van der Waals surface area contributed by atoms with Crippen LogP contribution in [-0.2, 0) is 16.0 Å². The Bertz CT molecular complexity index is 589. The Morgan fingerprint density at radius 1 is 1.45 bits per heavy atom. The molecule has 0 bridgehead atoms. The number of hydrogen-bond acceptors (Lipinski definition) is 3. The Hall–Kier alpha value is -2.26. The van der Waals surface area contributed by atoms with Gasteiger partial charge in [-0.15, -0.1) is 0 Å². The number of Topliss-reactive ketones (excluding diaryl/α,β-unsaturated/α-hetero) is 1. The van der Waals surface area contributed by atoms with E-state index in [-0.39, 0.29) is 30.4 Å². The van der Waals surface area contributed by atoms with Crippen LogP contribution < -0.4 is 0 Å². The summed E-state index contributed by atoms with van der Waals surface area (Å²) in [6.07, 6.45) is 1.55.